The summed E-state index contributed by atoms with van der Waals surface area (Å²) >= 11 is 0. The Balaban J connectivity index is 1.88. The van der Waals surface area contributed by atoms with Gasteiger partial charge in [0.05, 0.1) is 23.1 Å². The number of hydrogen-bond donors (Lipinski definition) is 0. The zero-order chi connectivity index (χ0) is 23.3. The van der Waals surface area contributed by atoms with Crippen LogP contribution in [-0.2, 0) is 27.6 Å². The topological polar surface area (TPSA) is 78.2 Å². The Hall–Kier alpha value is -3.50. The number of aryl methyl sites for hydroxylation is 2. The van der Waals surface area contributed by atoms with Gasteiger partial charge in [-0.1, -0.05) is 42.0 Å². The van der Waals surface area contributed by atoms with Crippen LogP contribution in [0.2, 0.25) is 0 Å². The van der Waals surface area contributed by atoms with Gasteiger partial charge in [-0.15, -0.1) is 0 Å². The molecule has 164 valence electrons. The quantitative estimate of drug-likeness (QED) is 0.528. The third kappa shape index (κ3) is 6.02. The Labute approximate surface area is 187 Å². The summed E-state index contributed by atoms with van der Waals surface area (Å²) in [4.78, 5) is 14.8. The molecule has 0 N–H and O–H groups in total. The summed E-state index contributed by atoms with van der Waals surface area (Å²) in [6.07, 6.45) is 1.84. The van der Waals surface area contributed by atoms with Crippen molar-refractivity contribution in [1.82, 2.24) is 0 Å². The molecule has 32 heavy (non-hydrogen) atoms. The third-order valence-electron chi connectivity index (χ3n) is 5.06. The number of nitrogens with zero attached hydrogens (tertiary/aromatic N) is 2. The molecule has 3 aromatic rings. The van der Waals surface area contributed by atoms with Crippen molar-refractivity contribution >= 4 is 21.4 Å². The normalized spacial score (nSPS) is 11.1. The minimum atomic E-state index is -3.34. The zero-order valence-corrected chi connectivity index (χ0v) is 18.7. The molecule has 5 nitrogen and oxygen atoms in total. The number of benzene rings is 3. The summed E-state index contributed by atoms with van der Waals surface area (Å²) in [5.41, 5.74) is 3.22. The summed E-state index contributed by atoms with van der Waals surface area (Å²) in [6.45, 7) is 2.10. The number of halogens is 1. The van der Waals surface area contributed by atoms with Gasteiger partial charge < -0.3 is 4.90 Å². The van der Waals surface area contributed by atoms with Gasteiger partial charge in [-0.3, -0.25) is 4.79 Å². The van der Waals surface area contributed by atoms with Crippen molar-refractivity contribution in [3.05, 3.63) is 94.8 Å². The lowest BCUT2D eigenvalue weighted by Gasteiger charge is -2.24. The smallest absolute Gasteiger partial charge is 0.227 e. The molecule has 7 heteroatoms. The number of anilines is 1. The Kier molecular flexibility index (Phi) is 7.06. The van der Waals surface area contributed by atoms with Crippen molar-refractivity contribution < 1.29 is 17.6 Å². The molecule has 0 radical (unpaired) electrons. The van der Waals surface area contributed by atoms with Gasteiger partial charge >= 0.3 is 0 Å². The predicted octanol–water partition coefficient (Wildman–Crippen LogP) is 4.58. The lowest BCUT2D eigenvalue weighted by atomic mass is 10.1. The van der Waals surface area contributed by atoms with Crippen molar-refractivity contribution in [2.45, 2.75) is 31.2 Å². The summed E-state index contributed by atoms with van der Waals surface area (Å²) in [7, 11) is -3.34. The van der Waals surface area contributed by atoms with Gasteiger partial charge in [0.2, 0.25) is 5.91 Å². The number of hydrogen-bond acceptors (Lipinski definition) is 4. The third-order valence-corrected chi connectivity index (χ3v) is 6.19. The van der Waals surface area contributed by atoms with Gasteiger partial charge in [-0.2, -0.15) is 5.26 Å². The molecule has 1 amide bonds. The molecule has 3 rings (SSSR count). The average Bonchev–Trinajstić information content (AvgIpc) is 2.76. The first kappa shape index (κ1) is 23.2. The molecule has 0 aliphatic heterocycles. The van der Waals surface area contributed by atoms with Crippen molar-refractivity contribution in [2.24, 2.45) is 0 Å². The maximum atomic E-state index is 14.1. The van der Waals surface area contributed by atoms with Crippen LogP contribution in [0.3, 0.4) is 0 Å². The average molecular weight is 451 g/mol. The first-order chi connectivity index (χ1) is 15.2. The Bertz CT molecular complexity index is 1260. The monoisotopic (exact) mass is 450 g/mol. The highest BCUT2D eigenvalue weighted by Crippen LogP contribution is 2.23. The molecule has 0 atom stereocenters. The molecule has 0 aliphatic rings. The lowest BCUT2D eigenvalue weighted by Crippen LogP contribution is -2.30. The molecule has 0 unspecified atom stereocenters. The van der Waals surface area contributed by atoms with Crippen LogP contribution in [0.5, 0.6) is 0 Å². The number of carbonyl (C=O) groups excluding carboxylic acids is 1. The molecule has 0 spiro atoms. The minimum absolute atomic E-state index is 0.115. The fourth-order valence-electron chi connectivity index (χ4n) is 3.28. The zero-order valence-electron chi connectivity index (χ0n) is 17.9. The Morgan fingerprint density at radius 1 is 1.00 bits per heavy atom. The number of amides is 1. The fourth-order valence-corrected chi connectivity index (χ4v) is 3.91. The minimum Gasteiger partial charge on any atom is -0.308 e. The summed E-state index contributed by atoms with van der Waals surface area (Å²) in [5, 5.41) is 9.20. The van der Waals surface area contributed by atoms with Gasteiger partial charge in [-0.25, -0.2) is 12.8 Å². The molecule has 0 bridgehead atoms. The van der Waals surface area contributed by atoms with Gasteiger partial charge in [-0.05, 0) is 54.8 Å². The van der Waals surface area contributed by atoms with E-state index in [0.717, 1.165) is 23.4 Å². The Morgan fingerprint density at radius 2 is 1.62 bits per heavy atom. The number of rotatable bonds is 7. The summed E-state index contributed by atoms with van der Waals surface area (Å²) < 4.78 is 37.5. The second kappa shape index (κ2) is 9.75. The van der Waals surface area contributed by atoms with E-state index in [1.54, 1.807) is 12.1 Å². The largest absolute Gasteiger partial charge is 0.308 e. The molecule has 0 aromatic heterocycles. The summed E-state index contributed by atoms with van der Waals surface area (Å²) in [6, 6.07) is 19.8. The summed E-state index contributed by atoms with van der Waals surface area (Å²) in [5.74, 6) is -0.838. The van der Waals surface area contributed by atoms with Crippen molar-refractivity contribution in [2.75, 3.05) is 11.2 Å². The number of sulfone groups is 1. The molecular weight excluding hydrogens is 427 g/mol. The van der Waals surface area contributed by atoms with Crippen LogP contribution < -0.4 is 4.90 Å². The van der Waals surface area contributed by atoms with E-state index in [1.165, 1.54) is 29.2 Å². The Morgan fingerprint density at radius 3 is 2.22 bits per heavy atom. The highest BCUT2D eigenvalue weighted by atomic mass is 32.2. The number of nitriles is 1. The highest BCUT2D eigenvalue weighted by Gasteiger charge is 2.18. The molecule has 3 aromatic carbocycles. The van der Waals surface area contributed by atoms with Crippen LogP contribution in [0.25, 0.3) is 0 Å². The van der Waals surface area contributed by atoms with Crippen LogP contribution in [0, 0.1) is 24.1 Å². The van der Waals surface area contributed by atoms with Crippen LogP contribution in [-0.4, -0.2) is 20.6 Å². The van der Waals surface area contributed by atoms with Crippen LogP contribution >= 0.6 is 0 Å². The van der Waals surface area contributed by atoms with Gasteiger partial charge in [0.25, 0.3) is 0 Å². The van der Waals surface area contributed by atoms with Gasteiger partial charge in [0, 0.05) is 18.4 Å². The van der Waals surface area contributed by atoms with Crippen LogP contribution in [0.4, 0.5) is 10.1 Å². The van der Waals surface area contributed by atoms with Crippen molar-refractivity contribution in [1.29, 1.82) is 5.26 Å². The molecule has 0 fully saturated rings. The lowest BCUT2D eigenvalue weighted by molar-refractivity contribution is -0.118. The number of carbonyl (C=O) groups is 1. The second-order valence-electron chi connectivity index (χ2n) is 7.69. The van der Waals surface area contributed by atoms with E-state index in [4.69, 9.17) is 0 Å². The van der Waals surface area contributed by atoms with Crippen molar-refractivity contribution in [3.63, 3.8) is 0 Å². The van der Waals surface area contributed by atoms with E-state index in [9.17, 15) is 22.9 Å². The molecule has 0 saturated heterocycles. The van der Waals surface area contributed by atoms with E-state index in [-0.39, 0.29) is 35.0 Å². The molecule has 0 saturated carbocycles. The fraction of sp³-hybridized carbons (Fsp3) is 0.200. The van der Waals surface area contributed by atoms with E-state index in [1.807, 2.05) is 37.3 Å². The second-order valence-corrected chi connectivity index (χ2v) is 9.71. The molecule has 0 heterocycles. The van der Waals surface area contributed by atoms with Gasteiger partial charge in [0.1, 0.15) is 5.82 Å². The van der Waals surface area contributed by atoms with Gasteiger partial charge in [0.15, 0.2) is 9.84 Å². The van der Waals surface area contributed by atoms with Crippen LogP contribution in [0.1, 0.15) is 28.7 Å². The first-order valence-electron chi connectivity index (χ1n) is 10.0. The van der Waals surface area contributed by atoms with Crippen LogP contribution in [0.15, 0.2) is 71.6 Å². The first-order valence-corrected chi connectivity index (χ1v) is 11.9. The maximum absolute atomic E-state index is 14.1. The van der Waals surface area contributed by atoms with Crippen molar-refractivity contribution in [3.8, 4) is 6.07 Å². The van der Waals surface area contributed by atoms with E-state index in [0.29, 0.717) is 12.0 Å². The maximum Gasteiger partial charge on any atom is 0.227 e. The predicted molar refractivity (Wildman–Crippen MR) is 121 cm³/mol. The molecular formula is C25H23FN2O3S. The highest BCUT2D eigenvalue weighted by molar-refractivity contribution is 7.90. The van der Waals surface area contributed by atoms with E-state index in [2.05, 4.69) is 0 Å². The van der Waals surface area contributed by atoms with E-state index < -0.39 is 15.7 Å². The SMILES string of the molecule is Cc1ccc(CCC(=O)N(Cc2ccc(S(C)(=O)=O)cc2)c2cc(F)cc(C#N)c2)cc1. The van der Waals surface area contributed by atoms with E-state index >= 15 is 0 Å². The molecule has 0 aliphatic carbocycles. The standard InChI is InChI=1S/C25H23FN2O3S/c1-18-3-5-19(6-4-18)9-12-25(29)28(23-14-21(16-27)13-22(26)15-23)17-20-7-10-24(11-8-20)32(2,30)31/h3-8,10-11,13-15H,9,12,17H2,1-2H3.